The van der Waals surface area contributed by atoms with Crippen molar-refractivity contribution in [3.63, 3.8) is 0 Å². The zero-order chi connectivity index (χ0) is 11.3. The second-order valence-electron chi connectivity index (χ2n) is 3.65. The lowest BCUT2D eigenvalue weighted by Gasteiger charge is -2.17. The third kappa shape index (κ3) is 3.72. The fourth-order valence-electron chi connectivity index (χ4n) is 1.65. The Balaban J connectivity index is 2.81. The zero-order valence-electron chi connectivity index (χ0n) is 9.19. The van der Waals surface area contributed by atoms with E-state index in [0.717, 1.165) is 9.99 Å². The molecule has 0 bridgehead atoms. The zero-order valence-corrected chi connectivity index (χ0v) is 11.3. The van der Waals surface area contributed by atoms with Crippen LogP contribution in [0.1, 0.15) is 37.8 Å². The Hall–Kier alpha value is -0.160. The van der Waals surface area contributed by atoms with Gasteiger partial charge in [0.05, 0.1) is 0 Å². The van der Waals surface area contributed by atoms with Crippen LogP contribution >= 0.6 is 22.6 Å². The highest BCUT2D eigenvalue weighted by Gasteiger charge is 2.12. The Labute approximate surface area is 105 Å². The molecule has 1 aromatic carbocycles. The van der Waals surface area contributed by atoms with Gasteiger partial charge in [0.15, 0.2) is 0 Å². The van der Waals surface area contributed by atoms with Gasteiger partial charge in [-0.05, 0) is 53.8 Å². The maximum atomic E-state index is 12.9. The number of hydrogen-bond donors (Lipinski definition) is 1. The molecule has 1 atom stereocenters. The van der Waals surface area contributed by atoms with Gasteiger partial charge in [0, 0.05) is 9.61 Å². The molecule has 1 nitrogen and oxygen atoms in total. The first kappa shape index (κ1) is 12.9. The highest BCUT2D eigenvalue weighted by Crippen LogP contribution is 2.24. The van der Waals surface area contributed by atoms with Gasteiger partial charge in [0.1, 0.15) is 5.82 Å². The summed E-state index contributed by atoms with van der Waals surface area (Å²) in [5.41, 5.74) is 1.20. The Morgan fingerprint density at radius 2 is 2.20 bits per heavy atom. The Morgan fingerprint density at radius 1 is 1.47 bits per heavy atom. The third-order valence-electron chi connectivity index (χ3n) is 2.53. The molecule has 0 saturated carbocycles. The van der Waals surface area contributed by atoms with Gasteiger partial charge in [-0.15, -0.1) is 0 Å². The van der Waals surface area contributed by atoms with Crippen LogP contribution in [0.25, 0.3) is 0 Å². The second kappa shape index (κ2) is 6.43. The minimum Gasteiger partial charge on any atom is -0.313 e. The minimum atomic E-state index is -0.159. The van der Waals surface area contributed by atoms with Crippen molar-refractivity contribution >= 4 is 22.6 Å². The van der Waals surface area contributed by atoms with Gasteiger partial charge in [0.25, 0.3) is 0 Å². The van der Waals surface area contributed by atoms with E-state index in [9.17, 15) is 4.39 Å². The molecule has 0 aliphatic rings. The number of halogens is 2. The van der Waals surface area contributed by atoms with Crippen molar-refractivity contribution in [2.24, 2.45) is 0 Å². The minimum absolute atomic E-state index is 0.159. The number of unbranched alkanes of at least 4 members (excludes halogenated alkanes) is 1. The third-order valence-corrected chi connectivity index (χ3v) is 3.47. The fourth-order valence-corrected chi connectivity index (χ4v) is 2.50. The highest BCUT2D eigenvalue weighted by atomic mass is 127. The van der Waals surface area contributed by atoms with Crippen LogP contribution in [0, 0.1) is 9.39 Å². The monoisotopic (exact) mass is 321 g/mol. The average Bonchev–Trinajstić information content (AvgIpc) is 2.21. The van der Waals surface area contributed by atoms with Gasteiger partial charge in [-0.3, -0.25) is 0 Å². The van der Waals surface area contributed by atoms with Crippen LogP contribution in [0.4, 0.5) is 4.39 Å². The van der Waals surface area contributed by atoms with E-state index in [0.29, 0.717) is 6.04 Å². The van der Waals surface area contributed by atoms with Gasteiger partial charge in [0.2, 0.25) is 0 Å². The molecule has 1 unspecified atom stereocenters. The summed E-state index contributed by atoms with van der Waals surface area (Å²) in [5.74, 6) is -0.159. The first-order chi connectivity index (χ1) is 7.19. The number of hydrogen-bond acceptors (Lipinski definition) is 1. The second-order valence-corrected chi connectivity index (χ2v) is 4.81. The van der Waals surface area contributed by atoms with E-state index in [4.69, 9.17) is 0 Å². The van der Waals surface area contributed by atoms with Gasteiger partial charge < -0.3 is 5.32 Å². The number of benzene rings is 1. The Morgan fingerprint density at radius 3 is 2.73 bits per heavy atom. The number of rotatable bonds is 5. The summed E-state index contributed by atoms with van der Waals surface area (Å²) in [6, 6.07) is 5.35. The normalized spacial score (nSPS) is 12.8. The molecule has 0 heterocycles. The largest absolute Gasteiger partial charge is 0.313 e. The van der Waals surface area contributed by atoms with Crippen molar-refractivity contribution in [2.45, 2.75) is 32.2 Å². The Bertz CT molecular complexity index is 314. The van der Waals surface area contributed by atoms with Crippen molar-refractivity contribution in [1.82, 2.24) is 5.32 Å². The average molecular weight is 321 g/mol. The maximum Gasteiger partial charge on any atom is 0.124 e. The quantitative estimate of drug-likeness (QED) is 0.812. The van der Waals surface area contributed by atoms with E-state index in [-0.39, 0.29) is 5.82 Å². The van der Waals surface area contributed by atoms with Gasteiger partial charge in [-0.25, -0.2) is 4.39 Å². The SMILES string of the molecule is CCCCC(NC)c1ccc(F)cc1I. The van der Waals surface area contributed by atoms with Crippen LogP contribution < -0.4 is 5.32 Å². The topological polar surface area (TPSA) is 12.0 Å². The molecule has 0 aliphatic carbocycles. The van der Waals surface area contributed by atoms with Crippen LogP contribution in [0.5, 0.6) is 0 Å². The fraction of sp³-hybridized carbons (Fsp3) is 0.500. The molecule has 0 radical (unpaired) electrons. The summed E-state index contributed by atoms with van der Waals surface area (Å²) < 4.78 is 13.9. The summed E-state index contributed by atoms with van der Waals surface area (Å²) in [6.07, 6.45) is 3.49. The molecule has 15 heavy (non-hydrogen) atoms. The molecule has 1 aromatic rings. The summed E-state index contributed by atoms with van der Waals surface area (Å²) in [5, 5.41) is 3.29. The predicted molar refractivity (Wildman–Crippen MR) is 70.4 cm³/mol. The van der Waals surface area contributed by atoms with E-state index in [1.165, 1.54) is 24.5 Å². The molecule has 0 aliphatic heterocycles. The smallest absolute Gasteiger partial charge is 0.124 e. The molecule has 1 rings (SSSR count). The summed E-state index contributed by atoms with van der Waals surface area (Å²) in [7, 11) is 1.96. The van der Waals surface area contributed by atoms with Crippen molar-refractivity contribution in [3.8, 4) is 0 Å². The van der Waals surface area contributed by atoms with Crippen LogP contribution in [0.3, 0.4) is 0 Å². The molecule has 0 aromatic heterocycles. The molecule has 0 amide bonds. The van der Waals surface area contributed by atoms with Gasteiger partial charge in [-0.2, -0.15) is 0 Å². The summed E-state index contributed by atoms with van der Waals surface area (Å²) in [6.45, 7) is 2.18. The molecule has 0 fully saturated rings. The van der Waals surface area contributed by atoms with Crippen molar-refractivity contribution in [3.05, 3.63) is 33.1 Å². The van der Waals surface area contributed by atoms with E-state index in [1.54, 1.807) is 6.07 Å². The first-order valence-electron chi connectivity index (χ1n) is 5.31. The number of nitrogens with one attached hydrogen (secondary N) is 1. The van der Waals surface area contributed by atoms with Crippen LogP contribution in [0.15, 0.2) is 18.2 Å². The molecule has 3 heteroatoms. The van der Waals surface area contributed by atoms with Crippen LogP contribution in [0.2, 0.25) is 0 Å². The standard InChI is InChI=1S/C12H17FIN/c1-3-4-5-12(15-2)10-7-6-9(13)8-11(10)14/h6-8,12,15H,3-5H2,1-2H3. The summed E-state index contributed by atoms with van der Waals surface area (Å²) in [4.78, 5) is 0. The van der Waals surface area contributed by atoms with Gasteiger partial charge in [-0.1, -0.05) is 25.8 Å². The Kier molecular flexibility index (Phi) is 5.53. The highest BCUT2D eigenvalue weighted by molar-refractivity contribution is 14.1. The van der Waals surface area contributed by atoms with Crippen molar-refractivity contribution in [1.29, 1.82) is 0 Å². The van der Waals surface area contributed by atoms with E-state index >= 15 is 0 Å². The lowest BCUT2D eigenvalue weighted by atomic mass is 10.0. The van der Waals surface area contributed by atoms with Crippen LogP contribution in [-0.4, -0.2) is 7.05 Å². The van der Waals surface area contributed by atoms with E-state index < -0.39 is 0 Å². The van der Waals surface area contributed by atoms with E-state index in [1.807, 2.05) is 13.1 Å². The first-order valence-corrected chi connectivity index (χ1v) is 6.39. The molecule has 0 spiro atoms. The predicted octanol–water partition coefficient (Wildman–Crippen LogP) is 3.88. The molecular formula is C12H17FIN. The molecular weight excluding hydrogens is 304 g/mol. The molecule has 84 valence electrons. The lowest BCUT2D eigenvalue weighted by Crippen LogP contribution is -2.17. The molecule has 1 N–H and O–H groups in total. The van der Waals surface area contributed by atoms with E-state index in [2.05, 4.69) is 34.8 Å². The van der Waals surface area contributed by atoms with Gasteiger partial charge >= 0.3 is 0 Å². The maximum absolute atomic E-state index is 12.9. The molecule has 0 saturated heterocycles. The lowest BCUT2D eigenvalue weighted by molar-refractivity contribution is 0.519. The van der Waals surface area contributed by atoms with Crippen molar-refractivity contribution < 1.29 is 4.39 Å². The summed E-state index contributed by atoms with van der Waals surface area (Å²) >= 11 is 2.20. The van der Waals surface area contributed by atoms with Crippen LogP contribution in [-0.2, 0) is 0 Å². The van der Waals surface area contributed by atoms with Crippen molar-refractivity contribution in [2.75, 3.05) is 7.05 Å².